The Morgan fingerprint density at radius 3 is 2.48 bits per heavy atom. The van der Waals surface area contributed by atoms with Crippen LogP contribution in [0.25, 0.3) is 0 Å². The predicted octanol–water partition coefficient (Wildman–Crippen LogP) is 4.27. The summed E-state index contributed by atoms with van der Waals surface area (Å²) in [5, 5.41) is 0.276. The molecule has 0 aliphatic rings. The van der Waals surface area contributed by atoms with Gasteiger partial charge in [0.25, 0.3) is 0 Å². The topological polar surface area (TPSA) is 20.3 Å². The number of rotatable bonds is 4. The summed E-state index contributed by atoms with van der Waals surface area (Å²) in [6.45, 7) is 0. The fourth-order valence-electron chi connectivity index (χ4n) is 2.21. The van der Waals surface area contributed by atoms with Gasteiger partial charge in [-0.05, 0) is 23.3 Å². The van der Waals surface area contributed by atoms with Gasteiger partial charge in [0.15, 0.2) is 0 Å². The van der Waals surface area contributed by atoms with Crippen molar-refractivity contribution in [2.24, 2.45) is 0 Å². The molecular formula is C16H14Cl2FNO. The fraction of sp³-hybridized carbons (Fsp3) is 0.188. The number of carbonyl (C=O) groups is 1. The first-order valence-electron chi connectivity index (χ1n) is 6.36. The largest absolute Gasteiger partial charge is 0.334 e. The molecule has 0 heterocycles. The number of halogens is 3. The zero-order valence-corrected chi connectivity index (χ0v) is 12.9. The van der Waals surface area contributed by atoms with E-state index >= 15 is 0 Å². The molecule has 0 saturated carbocycles. The fourth-order valence-corrected chi connectivity index (χ4v) is 2.67. The highest BCUT2D eigenvalue weighted by Gasteiger charge is 2.25. The number of benzene rings is 2. The second kappa shape index (κ2) is 6.92. The van der Waals surface area contributed by atoms with Gasteiger partial charge >= 0.3 is 0 Å². The predicted molar refractivity (Wildman–Crippen MR) is 83.2 cm³/mol. The van der Waals surface area contributed by atoms with Gasteiger partial charge in [-0.2, -0.15) is 0 Å². The second-order valence-electron chi connectivity index (χ2n) is 4.62. The number of nitrogens with zero attached hydrogens (tertiary/aromatic N) is 1. The molecule has 2 aromatic carbocycles. The zero-order valence-electron chi connectivity index (χ0n) is 11.4. The van der Waals surface area contributed by atoms with Crippen LogP contribution >= 0.6 is 23.2 Å². The lowest BCUT2D eigenvalue weighted by atomic mass is 9.97. The number of hydrogen-bond donors (Lipinski definition) is 0. The van der Waals surface area contributed by atoms with Crippen LogP contribution in [-0.2, 0) is 4.79 Å². The minimum atomic E-state index is -0.415. The van der Waals surface area contributed by atoms with Gasteiger partial charge in [-0.3, -0.25) is 4.79 Å². The van der Waals surface area contributed by atoms with Crippen molar-refractivity contribution >= 4 is 29.1 Å². The molecule has 1 amide bonds. The van der Waals surface area contributed by atoms with E-state index in [2.05, 4.69) is 0 Å². The minimum Gasteiger partial charge on any atom is -0.334 e. The highest BCUT2D eigenvalue weighted by Crippen LogP contribution is 2.33. The van der Waals surface area contributed by atoms with Gasteiger partial charge in [-0.15, -0.1) is 11.6 Å². The summed E-state index contributed by atoms with van der Waals surface area (Å²) in [5.74, 6) is -0.772. The maximum atomic E-state index is 13.3. The van der Waals surface area contributed by atoms with Gasteiger partial charge in [-0.1, -0.05) is 48.0 Å². The van der Waals surface area contributed by atoms with Crippen LogP contribution in [-0.4, -0.2) is 23.7 Å². The molecule has 0 spiro atoms. The average Bonchev–Trinajstić information content (AvgIpc) is 2.49. The number of carbonyl (C=O) groups excluding carboxylic acids is 1. The zero-order chi connectivity index (χ0) is 15.4. The van der Waals surface area contributed by atoms with E-state index in [1.165, 1.54) is 17.0 Å². The molecule has 1 unspecified atom stereocenters. The molecule has 0 N–H and O–H groups in total. The molecule has 0 aliphatic heterocycles. The molecule has 0 saturated heterocycles. The molecule has 1 atom stereocenters. The SMILES string of the molecule is CN(C(=O)CCl)C(c1ccccc1)c1ccc(F)cc1Cl. The van der Waals surface area contributed by atoms with Crippen molar-refractivity contribution in [1.29, 1.82) is 0 Å². The maximum Gasteiger partial charge on any atom is 0.238 e. The molecule has 2 nitrogen and oxygen atoms in total. The summed E-state index contributed by atoms with van der Waals surface area (Å²) in [7, 11) is 1.65. The summed E-state index contributed by atoms with van der Waals surface area (Å²) in [6, 6.07) is 13.2. The van der Waals surface area contributed by atoms with Crippen molar-refractivity contribution in [3.05, 3.63) is 70.5 Å². The highest BCUT2D eigenvalue weighted by molar-refractivity contribution is 6.31. The third-order valence-corrected chi connectivity index (χ3v) is 3.82. The Morgan fingerprint density at radius 2 is 1.90 bits per heavy atom. The summed E-state index contributed by atoms with van der Waals surface area (Å²) < 4.78 is 13.3. The van der Waals surface area contributed by atoms with E-state index in [0.29, 0.717) is 5.56 Å². The maximum absolute atomic E-state index is 13.3. The molecule has 110 valence electrons. The molecule has 0 bridgehead atoms. The smallest absolute Gasteiger partial charge is 0.238 e. The molecule has 0 radical (unpaired) electrons. The van der Waals surface area contributed by atoms with Gasteiger partial charge in [0.2, 0.25) is 5.91 Å². The molecule has 0 fully saturated rings. The lowest BCUT2D eigenvalue weighted by Gasteiger charge is -2.29. The van der Waals surface area contributed by atoms with Crippen molar-refractivity contribution in [3.8, 4) is 0 Å². The van der Waals surface area contributed by atoms with Crippen LogP contribution in [0.3, 0.4) is 0 Å². The van der Waals surface area contributed by atoms with E-state index in [0.717, 1.165) is 5.56 Å². The minimum absolute atomic E-state index is 0.126. The first-order chi connectivity index (χ1) is 10.0. The quantitative estimate of drug-likeness (QED) is 0.769. The van der Waals surface area contributed by atoms with E-state index in [4.69, 9.17) is 23.2 Å². The van der Waals surface area contributed by atoms with Crippen LogP contribution in [0.2, 0.25) is 5.02 Å². The van der Waals surface area contributed by atoms with Gasteiger partial charge in [-0.25, -0.2) is 4.39 Å². The summed E-state index contributed by atoms with van der Waals surface area (Å²) in [5.41, 5.74) is 1.54. The van der Waals surface area contributed by atoms with Crippen LogP contribution < -0.4 is 0 Å². The molecular weight excluding hydrogens is 312 g/mol. The van der Waals surface area contributed by atoms with Crippen molar-refractivity contribution in [1.82, 2.24) is 4.90 Å². The molecule has 0 aromatic heterocycles. The third-order valence-electron chi connectivity index (χ3n) is 3.27. The van der Waals surface area contributed by atoms with E-state index in [-0.39, 0.29) is 16.8 Å². The Balaban J connectivity index is 2.53. The number of hydrogen-bond acceptors (Lipinski definition) is 1. The van der Waals surface area contributed by atoms with E-state index in [9.17, 15) is 9.18 Å². The summed E-state index contributed by atoms with van der Waals surface area (Å²) >= 11 is 11.8. The van der Waals surface area contributed by atoms with Crippen molar-refractivity contribution in [2.75, 3.05) is 12.9 Å². The molecule has 0 aliphatic carbocycles. The van der Waals surface area contributed by atoms with Crippen molar-refractivity contribution < 1.29 is 9.18 Å². The first kappa shape index (κ1) is 15.8. The lowest BCUT2D eigenvalue weighted by Crippen LogP contribution is -2.33. The lowest BCUT2D eigenvalue weighted by molar-refractivity contribution is -0.128. The standard InChI is InChI=1S/C16H14Cl2FNO/c1-20(15(21)10-17)16(11-5-3-2-4-6-11)13-8-7-12(19)9-14(13)18/h2-9,16H,10H2,1H3. The van der Waals surface area contributed by atoms with E-state index in [1.807, 2.05) is 30.3 Å². The Bertz CT molecular complexity index is 633. The van der Waals surface area contributed by atoms with E-state index < -0.39 is 11.9 Å². The molecule has 5 heteroatoms. The number of alkyl halides is 1. The first-order valence-corrected chi connectivity index (χ1v) is 7.27. The monoisotopic (exact) mass is 325 g/mol. The highest BCUT2D eigenvalue weighted by atomic mass is 35.5. The Labute approximate surface area is 133 Å². The molecule has 21 heavy (non-hydrogen) atoms. The molecule has 2 rings (SSSR count). The van der Waals surface area contributed by atoms with Crippen LogP contribution in [0.5, 0.6) is 0 Å². The third kappa shape index (κ3) is 3.55. The normalized spacial score (nSPS) is 12.0. The van der Waals surface area contributed by atoms with Crippen molar-refractivity contribution in [2.45, 2.75) is 6.04 Å². The van der Waals surface area contributed by atoms with Gasteiger partial charge in [0, 0.05) is 12.1 Å². The van der Waals surface area contributed by atoms with Crippen LogP contribution in [0.1, 0.15) is 17.2 Å². The Morgan fingerprint density at radius 1 is 1.24 bits per heavy atom. The van der Waals surface area contributed by atoms with E-state index in [1.54, 1.807) is 13.1 Å². The Hall–Kier alpha value is -1.58. The average molecular weight is 326 g/mol. The molecule has 2 aromatic rings. The van der Waals surface area contributed by atoms with Crippen LogP contribution in [0, 0.1) is 5.82 Å². The Kier molecular flexibility index (Phi) is 5.21. The second-order valence-corrected chi connectivity index (χ2v) is 5.29. The summed E-state index contributed by atoms with van der Waals surface area (Å²) in [4.78, 5) is 13.5. The summed E-state index contributed by atoms with van der Waals surface area (Å²) in [6.07, 6.45) is 0. The van der Waals surface area contributed by atoms with Gasteiger partial charge in [0.05, 0.1) is 6.04 Å². The van der Waals surface area contributed by atoms with Gasteiger partial charge < -0.3 is 4.90 Å². The van der Waals surface area contributed by atoms with Crippen molar-refractivity contribution in [3.63, 3.8) is 0 Å². The number of amides is 1. The van der Waals surface area contributed by atoms with Crippen LogP contribution in [0.15, 0.2) is 48.5 Å². The van der Waals surface area contributed by atoms with Crippen LogP contribution in [0.4, 0.5) is 4.39 Å². The van der Waals surface area contributed by atoms with Gasteiger partial charge in [0.1, 0.15) is 11.7 Å².